The number of hydrogen-bond acceptors (Lipinski definition) is 1. The predicted molar refractivity (Wildman–Crippen MR) is 29.3 cm³/mol. The summed E-state index contributed by atoms with van der Waals surface area (Å²) in [5.41, 5.74) is 0. The number of hydrogen-bond donors (Lipinski definition) is 1. The maximum Gasteiger partial charge on any atom is 0.106 e. The van der Waals surface area contributed by atoms with Crippen LogP contribution in [0.3, 0.4) is 0 Å². The van der Waals surface area contributed by atoms with Gasteiger partial charge in [-0.25, -0.2) is 4.39 Å². The van der Waals surface area contributed by atoms with E-state index in [1.165, 1.54) is 0 Å². The van der Waals surface area contributed by atoms with E-state index >= 15 is 0 Å². The molecular weight excluding hydrogens is 111 g/mol. The maximum atomic E-state index is 12.1. The van der Waals surface area contributed by atoms with Crippen LogP contribution in [0, 0.1) is 5.92 Å². The van der Waals surface area contributed by atoms with Gasteiger partial charge in [-0.2, -0.15) is 12.6 Å². The first-order chi connectivity index (χ1) is 3.22. The van der Waals surface area contributed by atoms with Crippen molar-refractivity contribution in [1.29, 1.82) is 0 Å². The van der Waals surface area contributed by atoms with Gasteiger partial charge in [0.2, 0.25) is 0 Å². The van der Waals surface area contributed by atoms with Gasteiger partial charge in [0.25, 0.3) is 0 Å². The Morgan fingerprint density at radius 1 is 1.57 bits per heavy atom. The van der Waals surface area contributed by atoms with E-state index in [4.69, 9.17) is 0 Å². The molecule has 0 N–H and O–H groups in total. The highest BCUT2D eigenvalue weighted by atomic mass is 32.1. The fourth-order valence-electron chi connectivity index (χ4n) is 1.34. The summed E-state index contributed by atoms with van der Waals surface area (Å²) in [6.45, 7) is 0. The summed E-state index contributed by atoms with van der Waals surface area (Å²) < 4.78 is 12.3. The average Bonchev–Trinajstić information content (AvgIpc) is 2.10. The van der Waals surface area contributed by atoms with Gasteiger partial charge in [0.1, 0.15) is 6.17 Å². The number of rotatable bonds is 0. The minimum Gasteiger partial charge on any atom is -0.247 e. The Morgan fingerprint density at radius 3 is 2.29 bits per heavy atom. The molecule has 2 aliphatic carbocycles. The maximum absolute atomic E-state index is 12.1. The highest BCUT2D eigenvalue weighted by molar-refractivity contribution is 7.82. The molecule has 0 aromatic rings. The molecule has 3 unspecified atom stereocenters. The highest BCUT2D eigenvalue weighted by Gasteiger charge is 2.65. The van der Waals surface area contributed by atoms with E-state index < -0.39 is 6.17 Å². The van der Waals surface area contributed by atoms with Gasteiger partial charge < -0.3 is 0 Å². The third-order valence-corrected chi connectivity index (χ3v) is 2.79. The smallest absolute Gasteiger partial charge is 0.106 e. The third kappa shape index (κ3) is 0.344. The second kappa shape index (κ2) is 0.859. The molecule has 2 rings (SSSR count). The Morgan fingerprint density at radius 2 is 2.29 bits per heavy atom. The van der Waals surface area contributed by atoms with E-state index in [2.05, 4.69) is 12.6 Å². The average molecular weight is 118 g/mol. The molecule has 40 valence electrons. The van der Waals surface area contributed by atoms with Crippen LogP contribution in [-0.2, 0) is 0 Å². The summed E-state index contributed by atoms with van der Waals surface area (Å²) in [4.78, 5) is 0. The van der Waals surface area contributed by atoms with Crippen LogP contribution in [0.4, 0.5) is 4.39 Å². The van der Waals surface area contributed by atoms with Crippen LogP contribution in [-0.4, -0.2) is 10.9 Å². The number of thiol groups is 1. The van der Waals surface area contributed by atoms with Crippen LogP contribution in [0.1, 0.15) is 12.8 Å². The van der Waals surface area contributed by atoms with Crippen LogP contribution in [0.15, 0.2) is 0 Å². The summed E-state index contributed by atoms with van der Waals surface area (Å²) in [6, 6.07) is 0. The third-order valence-electron chi connectivity index (χ3n) is 2.09. The quantitative estimate of drug-likeness (QED) is 0.457. The van der Waals surface area contributed by atoms with Crippen LogP contribution in [0.25, 0.3) is 0 Å². The van der Waals surface area contributed by atoms with Crippen LogP contribution in [0.5, 0.6) is 0 Å². The molecule has 0 nitrogen and oxygen atoms in total. The molecule has 0 radical (unpaired) electrons. The topological polar surface area (TPSA) is 0 Å². The van der Waals surface area contributed by atoms with E-state index in [1.807, 2.05) is 0 Å². The molecule has 0 saturated heterocycles. The van der Waals surface area contributed by atoms with Crippen LogP contribution >= 0.6 is 12.6 Å². The lowest BCUT2D eigenvalue weighted by molar-refractivity contribution is 0.208. The van der Waals surface area contributed by atoms with Gasteiger partial charge in [-0.15, -0.1) is 0 Å². The zero-order chi connectivity index (χ0) is 5.07. The summed E-state index contributed by atoms with van der Waals surface area (Å²) in [7, 11) is 0. The molecule has 2 heteroatoms. The van der Waals surface area contributed by atoms with Crippen molar-refractivity contribution < 1.29 is 4.39 Å². The lowest BCUT2D eigenvalue weighted by Gasteiger charge is -2.23. The summed E-state index contributed by atoms with van der Waals surface area (Å²) in [5, 5.41) is 0. The SMILES string of the molecule is FC1CC2(S)CC12. The molecule has 3 atom stereocenters. The van der Waals surface area contributed by atoms with E-state index in [0.29, 0.717) is 12.3 Å². The van der Waals surface area contributed by atoms with Gasteiger partial charge in [-0.1, -0.05) is 0 Å². The number of halogens is 1. The Bertz CT molecular complexity index is 115. The zero-order valence-electron chi connectivity index (χ0n) is 3.89. The van der Waals surface area contributed by atoms with Gasteiger partial charge in [0.15, 0.2) is 0 Å². The van der Waals surface area contributed by atoms with Crippen molar-refractivity contribution in [2.45, 2.75) is 23.8 Å². The van der Waals surface area contributed by atoms with Crippen molar-refractivity contribution in [3.8, 4) is 0 Å². The summed E-state index contributed by atoms with van der Waals surface area (Å²) >= 11 is 4.23. The van der Waals surface area contributed by atoms with Crippen molar-refractivity contribution in [3.05, 3.63) is 0 Å². The molecule has 0 aromatic heterocycles. The number of alkyl halides is 1. The second-order valence-electron chi connectivity index (χ2n) is 2.63. The normalized spacial score (nSPS) is 66.0. The molecule has 0 bridgehead atoms. The Labute approximate surface area is 47.5 Å². The van der Waals surface area contributed by atoms with Gasteiger partial charge in [0.05, 0.1) is 0 Å². The summed E-state index contributed by atoms with van der Waals surface area (Å²) in [6.07, 6.45) is 1.23. The van der Waals surface area contributed by atoms with E-state index in [1.54, 1.807) is 0 Å². The monoisotopic (exact) mass is 118 g/mol. The minimum atomic E-state index is -0.502. The Balaban J connectivity index is 2.12. The molecule has 0 aromatic carbocycles. The second-order valence-corrected chi connectivity index (χ2v) is 3.52. The summed E-state index contributed by atoms with van der Waals surface area (Å²) in [5.74, 6) is 0.343. The van der Waals surface area contributed by atoms with E-state index in [-0.39, 0.29) is 4.75 Å². The fraction of sp³-hybridized carbons (Fsp3) is 1.00. The van der Waals surface area contributed by atoms with Crippen molar-refractivity contribution in [3.63, 3.8) is 0 Å². The Kier molecular flexibility index (Phi) is 0.514. The van der Waals surface area contributed by atoms with Gasteiger partial charge >= 0.3 is 0 Å². The molecule has 2 saturated carbocycles. The molecule has 0 heterocycles. The van der Waals surface area contributed by atoms with Crippen molar-refractivity contribution in [2.24, 2.45) is 5.92 Å². The molecule has 2 fully saturated rings. The van der Waals surface area contributed by atoms with E-state index in [0.717, 1.165) is 6.42 Å². The van der Waals surface area contributed by atoms with Gasteiger partial charge in [-0.05, 0) is 12.8 Å². The fourth-order valence-corrected chi connectivity index (χ4v) is 1.87. The molecule has 0 spiro atoms. The van der Waals surface area contributed by atoms with Gasteiger partial charge in [-0.3, -0.25) is 0 Å². The van der Waals surface area contributed by atoms with Gasteiger partial charge in [0, 0.05) is 10.7 Å². The molecule has 0 amide bonds. The van der Waals surface area contributed by atoms with Crippen molar-refractivity contribution in [2.75, 3.05) is 0 Å². The zero-order valence-corrected chi connectivity index (χ0v) is 4.79. The highest BCUT2D eigenvalue weighted by Crippen LogP contribution is 2.65. The molecule has 0 aliphatic heterocycles. The largest absolute Gasteiger partial charge is 0.247 e. The first-order valence-corrected chi connectivity index (χ1v) is 3.03. The predicted octanol–water partition coefficient (Wildman–Crippen LogP) is 1.42. The molecular formula is C5H7FS. The molecule has 7 heavy (non-hydrogen) atoms. The number of fused-ring (bicyclic) bond motifs is 1. The Hall–Kier alpha value is 0.280. The lowest BCUT2D eigenvalue weighted by Crippen LogP contribution is -2.27. The van der Waals surface area contributed by atoms with E-state index in [9.17, 15) is 4.39 Å². The van der Waals surface area contributed by atoms with Crippen LogP contribution in [0.2, 0.25) is 0 Å². The first kappa shape index (κ1) is 4.19. The standard InChI is InChI=1S/C5H7FS/c6-4-2-5(7)1-3(4)5/h3-4,7H,1-2H2. The lowest BCUT2D eigenvalue weighted by atomic mass is 9.97. The van der Waals surface area contributed by atoms with Crippen molar-refractivity contribution >= 4 is 12.6 Å². The molecule has 2 aliphatic rings. The van der Waals surface area contributed by atoms with Crippen LogP contribution < -0.4 is 0 Å². The van der Waals surface area contributed by atoms with Crippen molar-refractivity contribution in [1.82, 2.24) is 0 Å². The minimum absolute atomic E-state index is 0.180. The first-order valence-electron chi connectivity index (χ1n) is 2.59.